The third-order valence-electron chi connectivity index (χ3n) is 4.14. The van der Waals surface area contributed by atoms with Crippen LogP contribution in [-0.2, 0) is 6.42 Å². The summed E-state index contributed by atoms with van der Waals surface area (Å²) in [7, 11) is 0. The van der Waals surface area contributed by atoms with Crippen molar-refractivity contribution >= 4 is 0 Å². The molecule has 2 atom stereocenters. The van der Waals surface area contributed by atoms with Gasteiger partial charge in [-0.25, -0.2) is 0 Å². The molecule has 0 heterocycles. The summed E-state index contributed by atoms with van der Waals surface area (Å²) in [5.41, 5.74) is 4.66. The molecule has 0 amide bonds. The minimum Gasteiger partial charge on any atom is -0.303 e. The van der Waals surface area contributed by atoms with E-state index in [0.717, 1.165) is 18.4 Å². The number of rotatable bonds is 3. The van der Waals surface area contributed by atoms with Crippen molar-refractivity contribution in [3.8, 4) is 6.07 Å². The molecule has 100 valence electrons. The van der Waals surface area contributed by atoms with Gasteiger partial charge in [0.2, 0.25) is 0 Å². The van der Waals surface area contributed by atoms with Gasteiger partial charge >= 0.3 is 0 Å². The highest BCUT2D eigenvalue weighted by Gasteiger charge is 2.25. The van der Waals surface area contributed by atoms with Crippen molar-refractivity contribution in [3.05, 3.63) is 70.8 Å². The number of benzene rings is 2. The van der Waals surface area contributed by atoms with Crippen LogP contribution in [-0.4, -0.2) is 0 Å². The van der Waals surface area contributed by atoms with Crippen molar-refractivity contribution in [3.63, 3.8) is 0 Å². The molecule has 2 nitrogen and oxygen atoms in total. The van der Waals surface area contributed by atoms with Crippen molar-refractivity contribution in [1.82, 2.24) is 5.32 Å². The van der Waals surface area contributed by atoms with Crippen molar-refractivity contribution in [2.75, 3.05) is 0 Å². The number of hydrogen-bond donors (Lipinski definition) is 1. The predicted molar refractivity (Wildman–Crippen MR) is 80.2 cm³/mol. The molecule has 2 aromatic carbocycles. The summed E-state index contributed by atoms with van der Waals surface area (Å²) in [6, 6.07) is 19.5. The van der Waals surface area contributed by atoms with E-state index >= 15 is 0 Å². The molecule has 1 aliphatic rings. The van der Waals surface area contributed by atoms with E-state index in [-0.39, 0.29) is 0 Å². The van der Waals surface area contributed by atoms with E-state index in [1.165, 1.54) is 16.7 Å². The molecule has 2 aromatic rings. The lowest BCUT2D eigenvalue weighted by Gasteiger charge is -2.21. The van der Waals surface area contributed by atoms with Crippen LogP contribution in [0.3, 0.4) is 0 Å². The molecule has 0 spiro atoms. The average molecular weight is 262 g/mol. The Bertz CT molecular complexity index is 640. The topological polar surface area (TPSA) is 35.8 Å². The Balaban J connectivity index is 1.81. The van der Waals surface area contributed by atoms with Gasteiger partial charge in [0.15, 0.2) is 0 Å². The quantitative estimate of drug-likeness (QED) is 0.910. The lowest BCUT2D eigenvalue weighted by atomic mass is 10.0. The Hall–Kier alpha value is -2.11. The van der Waals surface area contributed by atoms with Gasteiger partial charge in [-0.2, -0.15) is 5.26 Å². The monoisotopic (exact) mass is 262 g/mol. The number of nitriles is 1. The highest BCUT2D eigenvalue weighted by Crippen LogP contribution is 2.34. The van der Waals surface area contributed by atoms with Crippen LogP contribution in [0.15, 0.2) is 48.5 Å². The van der Waals surface area contributed by atoms with E-state index in [1.54, 1.807) is 0 Å². The molecular formula is C18H18N2. The molecule has 0 saturated heterocycles. The smallest absolute Gasteiger partial charge is 0.0994 e. The van der Waals surface area contributed by atoms with Crippen LogP contribution >= 0.6 is 0 Å². The fraction of sp³-hybridized carbons (Fsp3) is 0.278. The predicted octanol–water partition coefficient (Wildman–Crippen LogP) is 3.90. The molecule has 0 aliphatic heterocycles. The second kappa shape index (κ2) is 5.48. The third kappa shape index (κ3) is 2.33. The largest absolute Gasteiger partial charge is 0.303 e. The van der Waals surface area contributed by atoms with Crippen LogP contribution in [0.25, 0.3) is 0 Å². The van der Waals surface area contributed by atoms with Crippen molar-refractivity contribution < 1.29 is 0 Å². The number of hydrogen-bond acceptors (Lipinski definition) is 2. The first-order valence-electron chi connectivity index (χ1n) is 7.12. The highest BCUT2D eigenvalue weighted by atomic mass is 14.9. The van der Waals surface area contributed by atoms with Crippen molar-refractivity contribution in [1.29, 1.82) is 5.26 Å². The van der Waals surface area contributed by atoms with Gasteiger partial charge in [-0.15, -0.1) is 0 Å². The molecule has 0 aromatic heterocycles. The Kier molecular flexibility index (Phi) is 3.54. The lowest BCUT2D eigenvalue weighted by Crippen LogP contribution is -2.22. The van der Waals surface area contributed by atoms with E-state index in [2.05, 4.69) is 48.6 Å². The Morgan fingerprint density at radius 2 is 1.95 bits per heavy atom. The summed E-state index contributed by atoms with van der Waals surface area (Å²) in [4.78, 5) is 0. The number of nitrogens with zero attached hydrogens (tertiary/aromatic N) is 1. The molecule has 0 saturated carbocycles. The van der Waals surface area contributed by atoms with E-state index in [9.17, 15) is 5.26 Å². The van der Waals surface area contributed by atoms with Gasteiger partial charge in [-0.3, -0.25) is 0 Å². The van der Waals surface area contributed by atoms with Gasteiger partial charge in [0.25, 0.3) is 0 Å². The van der Waals surface area contributed by atoms with Crippen LogP contribution < -0.4 is 5.32 Å². The maximum atomic E-state index is 9.18. The first-order valence-corrected chi connectivity index (χ1v) is 7.12. The zero-order chi connectivity index (χ0) is 13.9. The van der Waals surface area contributed by atoms with E-state index in [4.69, 9.17) is 0 Å². The van der Waals surface area contributed by atoms with Crippen LogP contribution in [0.4, 0.5) is 0 Å². The normalized spacial score (nSPS) is 18.3. The minimum absolute atomic E-state index is 0.317. The van der Waals surface area contributed by atoms with Crippen LogP contribution in [0.5, 0.6) is 0 Å². The molecule has 0 bridgehead atoms. The molecule has 0 radical (unpaired) electrons. The van der Waals surface area contributed by atoms with Crippen molar-refractivity contribution in [2.24, 2.45) is 0 Å². The van der Waals surface area contributed by atoms with E-state index < -0.39 is 0 Å². The fourth-order valence-electron chi connectivity index (χ4n) is 3.07. The maximum absolute atomic E-state index is 9.18. The van der Waals surface area contributed by atoms with Gasteiger partial charge in [0.1, 0.15) is 0 Å². The van der Waals surface area contributed by atoms with Crippen LogP contribution in [0, 0.1) is 11.3 Å². The summed E-state index contributed by atoms with van der Waals surface area (Å²) < 4.78 is 0. The molecule has 1 unspecified atom stereocenters. The first kappa shape index (κ1) is 12.9. The van der Waals surface area contributed by atoms with Gasteiger partial charge in [0, 0.05) is 12.1 Å². The molecule has 3 rings (SSSR count). The van der Waals surface area contributed by atoms with Gasteiger partial charge in [0.05, 0.1) is 11.6 Å². The minimum atomic E-state index is 0.317. The van der Waals surface area contributed by atoms with Crippen LogP contribution in [0.2, 0.25) is 0 Å². The molecule has 20 heavy (non-hydrogen) atoms. The third-order valence-corrected chi connectivity index (χ3v) is 4.14. The van der Waals surface area contributed by atoms with E-state index in [1.807, 2.05) is 18.2 Å². The summed E-state index contributed by atoms with van der Waals surface area (Å²) in [6.07, 6.45) is 2.07. The summed E-state index contributed by atoms with van der Waals surface area (Å²) in [5, 5.41) is 12.9. The molecule has 1 N–H and O–H groups in total. The number of nitrogens with one attached hydrogen (secondary N) is 1. The van der Waals surface area contributed by atoms with Gasteiger partial charge < -0.3 is 5.32 Å². The second-order valence-corrected chi connectivity index (χ2v) is 5.38. The Labute approximate surface area is 120 Å². The molecular weight excluding hydrogens is 244 g/mol. The zero-order valence-corrected chi connectivity index (χ0v) is 11.6. The van der Waals surface area contributed by atoms with Crippen molar-refractivity contribution in [2.45, 2.75) is 31.8 Å². The maximum Gasteiger partial charge on any atom is 0.0994 e. The second-order valence-electron chi connectivity index (χ2n) is 5.38. The summed E-state index contributed by atoms with van der Waals surface area (Å²) in [6.45, 7) is 2.20. The first-order chi connectivity index (χ1) is 9.79. The fourth-order valence-corrected chi connectivity index (χ4v) is 3.07. The molecule has 0 fully saturated rings. The van der Waals surface area contributed by atoms with Gasteiger partial charge in [-0.1, -0.05) is 42.5 Å². The van der Waals surface area contributed by atoms with Crippen LogP contribution in [0.1, 0.15) is 47.7 Å². The highest BCUT2D eigenvalue weighted by molar-refractivity contribution is 5.47. The molecule has 1 aliphatic carbocycles. The summed E-state index contributed by atoms with van der Waals surface area (Å²) in [5.74, 6) is 0. The Morgan fingerprint density at radius 3 is 2.70 bits per heavy atom. The van der Waals surface area contributed by atoms with E-state index in [0.29, 0.717) is 12.1 Å². The number of fused-ring (bicyclic) bond motifs is 1. The SMILES string of the molecule is CC(N[C@H]1CCc2c(C#N)cccc21)c1ccccc1. The average Bonchev–Trinajstić information content (AvgIpc) is 2.91. The zero-order valence-electron chi connectivity index (χ0n) is 11.6. The lowest BCUT2D eigenvalue weighted by molar-refractivity contribution is 0.465. The van der Waals surface area contributed by atoms with Gasteiger partial charge in [-0.05, 0) is 42.5 Å². The standard InChI is InChI=1S/C18H18N2/c1-13(14-6-3-2-4-7-14)20-18-11-10-16-15(12-19)8-5-9-17(16)18/h2-9,13,18,20H,10-11H2,1H3/t13?,18-/m0/s1. The summed E-state index contributed by atoms with van der Waals surface area (Å²) >= 11 is 0. The Morgan fingerprint density at radius 1 is 1.15 bits per heavy atom. The molecule has 2 heteroatoms.